The average molecular weight is 248 g/mol. The molecule has 1 aliphatic rings. The van der Waals surface area contributed by atoms with E-state index in [4.69, 9.17) is 5.73 Å². The van der Waals surface area contributed by atoms with Gasteiger partial charge in [-0.25, -0.2) is 12.7 Å². The maximum Gasteiger partial charge on any atom is 0.243 e. The summed E-state index contributed by atoms with van der Waals surface area (Å²) in [5.41, 5.74) is 3.88. The number of carbonyl (C=O) groups is 1. The Morgan fingerprint density at radius 2 is 1.94 bits per heavy atom. The zero-order chi connectivity index (χ0) is 12.8. The molecule has 0 atom stereocenters. The second-order valence-corrected chi connectivity index (χ2v) is 7.38. The number of nitrogens with zero attached hydrogens (tertiary/aromatic N) is 1. The molecule has 1 fully saturated rings. The van der Waals surface area contributed by atoms with Crippen LogP contribution in [-0.4, -0.2) is 36.5 Å². The molecule has 1 heterocycles. The number of rotatable bonds is 3. The van der Waals surface area contributed by atoms with Crippen molar-refractivity contribution in [3.05, 3.63) is 0 Å². The lowest BCUT2D eigenvalue weighted by Crippen LogP contribution is -2.49. The van der Waals surface area contributed by atoms with Crippen LogP contribution in [-0.2, 0) is 14.8 Å². The van der Waals surface area contributed by atoms with Gasteiger partial charge in [-0.1, -0.05) is 0 Å². The smallest absolute Gasteiger partial charge is 0.243 e. The second kappa shape index (κ2) is 3.70. The number of hydrogen-bond donors (Lipinski definition) is 1. The maximum atomic E-state index is 12.1. The van der Waals surface area contributed by atoms with E-state index in [9.17, 15) is 13.2 Å². The third kappa shape index (κ3) is 2.08. The van der Waals surface area contributed by atoms with Gasteiger partial charge in [0.2, 0.25) is 15.9 Å². The second-order valence-electron chi connectivity index (χ2n) is 5.56. The third-order valence-electron chi connectivity index (χ3n) is 2.89. The van der Waals surface area contributed by atoms with Gasteiger partial charge in [0.15, 0.2) is 0 Å². The fourth-order valence-electron chi connectivity index (χ4n) is 2.09. The van der Waals surface area contributed by atoms with E-state index in [2.05, 4.69) is 0 Å². The Bertz CT molecular complexity index is 398. The Labute approximate surface area is 97.0 Å². The Hall–Kier alpha value is -0.620. The summed E-state index contributed by atoms with van der Waals surface area (Å²) in [4.78, 5) is 12.1. The largest absolute Gasteiger partial charge is 0.330 e. The van der Waals surface area contributed by atoms with Crippen LogP contribution in [0.4, 0.5) is 0 Å². The number of amides is 1. The third-order valence-corrected chi connectivity index (χ3v) is 5.19. The zero-order valence-electron chi connectivity index (χ0n) is 10.3. The predicted molar refractivity (Wildman–Crippen MR) is 62.2 cm³/mol. The standard InChI is InChI=1S/C10H20N2O3S/c1-9(2)7-16(14,15)12(8(9)13)10(3,4)5-6-11/h5-7,11H2,1-4H3. The molecular formula is C10H20N2O3S. The highest BCUT2D eigenvalue weighted by atomic mass is 32.2. The molecule has 0 spiro atoms. The SMILES string of the molecule is CC1(C)CS(=O)(=O)N(C(C)(C)CCN)C1=O. The van der Waals surface area contributed by atoms with Crippen LogP contribution in [0.1, 0.15) is 34.1 Å². The van der Waals surface area contributed by atoms with Crippen LogP contribution in [0.2, 0.25) is 0 Å². The highest BCUT2D eigenvalue weighted by molar-refractivity contribution is 7.90. The van der Waals surface area contributed by atoms with E-state index in [1.807, 2.05) is 0 Å². The van der Waals surface area contributed by atoms with E-state index >= 15 is 0 Å². The van der Waals surface area contributed by atoms with Crippen molar-refractivity contribution in [3.63, 3.8) is 0 Å². The Kier molecular flexibility index (Phi) is 3.11. The number of sulfonamides is 1. The quantitative estimate of drug-likeness (QED) is 0.779. The minimum atomic E-state index is -3.50. The lowest BCUT2D eigenvalue weighted by molar-refractivity contribution is -0.135. The molecule has 0 aromatic carbocycles. The molecule has 16 heavy (non-hydrogen) atoms. The topological polar surface area (TPSA) is 80.5 Å². The molecule has 1 amide bonds. The molecule has 2 N–H and O–H groups in total. The summed E-state index contributed by atoms with van der Waals surface area (Å²) in [7, 11) is -3.50. The maximum absolute atomic E-state index is 12.1. The van der Waals surface area contributed by atoms with Crippen LogP contribution in [0.15, 0.2) is 0 Å². The molecule has 0 aromatic heterocycles. The molecule has 0 radical (unpaired) electrons. The van der Waals surface area contributed by atoms with Crippen molar-refractivity contribution in [1.82, 2.24) is 4.31 Å². The van der Waals surface area contributed by atoms with Gasteiger partial charge in [-0.15, -0.1) is 0 Å². The van der Waals surface area contributed by atoms with Gasteiger partial charge in [-0.2, -0.15) is 0 Å². The van der Waals surface area contributed by atoms with Crippen LogP contribution in [0, 0.1) is 5.41 Å². The van der Waals surface area contributed by atoms with Crippen LogP contribution in [0.3, 0.4) is 0 Å². The summed E-state index contributed by atoms with van der Waals surface area (Å²) in [6, 6.07) is 0. The van der Waals surface area contributed by atoms with Gasteiger partial charge in [-0.05, 0) is 40.7 Å². The van der Waals surface area contributed by atoms with Gasteiger partial charge in [-0.3, -0.25) is 4.79 Å². The molecule has 0 saturated carbocycles. The van der Waals surface area contributed by atoms with E-state index < -0.39 is 21.0 Å². The van der Waals surface area contributed by atoms with Crippen molar-refractivity contribution in [2.75, 3.05) is 12.3 Å². The Balaban J connectivity index is 3.19. The van der Waals surface area contributed by atoms with Crippen LogP contribution in [0.25, 0.3) is 0 Å². The van der Waals surface area contributed by atoms with Crippen molar-refractivity contribution in [2.45, 2.75) is 39.7 Å². The average Bonchev–Trinajstić information content (AvgIpc) is 2.15. The van der Waals surface area contributed by atoms with Gasteiger partial charge in [0.1, 0.15) is 0 Å². The monoisotopic (exact) mass is 248 g/mol. The fraction of sp³-hybridized carbons (Fsp3) is 0.900. The molecule has 0 bridgehead atoms. The van der Waals surface area contributed by atoms with Gasteiger partial charge in [0.05, 0.1) is 16.7 Å². The normalized spacial score (nSPS) is 23.8. The predicted octanol–water partition coefficient (Wildman–Crippen LogP) is 0.312. The summed E-state index contributed by atoms with van der Waals surface area (Å²) < 4.78 is 25.0. The first-order valence-corrected chi connectivity index (χ1v) is 6.93. The van der Waals surface area contributed by atoms with E-state index in [-0.39, 0.29) is 11.7 Å². The summed E-state index contributed by atoms with van der Waals surface area (Å²) in [5, 5.41) is 0. The number of hydrogen-bond acceptors (Lipinski definition) is 4. The Morgan fingerprint density at radius 1 is 1.44 bits per heavy atom. The highest BCUT2D eigenvalue weighted by Gasteiger charge is 2.53. The molecule has 94 valence electrons. The van der Waals surface area contributed by atoms with Crippen LogP contribution < -0.4 is 5.73 Å². The summed E-state index contributed by atoms with van der Waals surface area (Å²) in [6.07, 6.45) is 0.466. The molecule has 1 saturated heterocycles. The van der Waals surface area contributed by atoms with Crippen molar-refractivity contribution in [2.24, 2.45) is 11.1 Å². The van der Waals surface area contributed by atoms with Gasteiger partial charge in [0, 0.05) is 0 Å². The van der Waals surface area contributed by atoms with Gasteiger partial charge >= 0.3 is 0 Å². The first-order chi connectivity index (χ1) is 7.04. The van der Waals surface area contributed by atoms with E-state index in [0.29, 0.717) is 13.0 Å². The van der Waals surface area contributed by atoms with Crippen molar-refractivity contribution in [3.8, 4) is 0 Å². The van der Waals surface area contributed by atoms with Crippen molar-refractivity contribution in [1.29, 1.82) is 0 Å². The lowest BCUT2D eigenvalue weighted by Gasteiger charge is -2.34. The molecule has 0 aliphatic carbocycles. The highest BCUT2D eigenvalue weighted by Crippen LogP contribution is 2.37. The van der Waals surface area contributed by atoms with Crippen molar-refractivity contribution >= 4 is 15.9 Å². The molecule has 5 nitrogen and oxygen atoms in total. The minimum absolute atomic E-state index is 0.118. The van der Waals surface area contributed by atoms with E-state index in [1.165, 1.54) is 0 Å². The lowest BCUT2D eigenvalue weighted by atomic mass is 9.92. The first kappa shape index (κ1) is 13.4. The number of nitrogens with two attached hydrogens (primary N) is 1. The van der Waals surface area contributed by atoms with Gasteiger partial charge in [0.25, 0.3) is 0 Å². The molecule has 6 heteroatoms. The summed E-state index contributed by atoms with van der Waals surface area (Å²) in [5.74, 6) is -0.446. The summed E-state index contributed by atoms with van der Waals surface area (Å²) in [6.45, 7) is 7.14. The fourth-order valence-corrected chi connectivity index (χ4v) is 4.60. The number of carbonyl (C=O) groups excluding carboxylic acids is 1. The van der Waals surface area contributed by atoms with Crippen LogP contribution >= 0.6 is 0 Å². The summed E-state index contributed by atoms with van der Waals surface area (Å²) >= 11 is 0. The van der Waals surface area contributed by atoms with Gasteiger partial charge < -0.3 is 5.73 Å². The molecule has 1 aliphatic heterocycles. The van der Waals surface area contributed by atoms with E-state index in [1.54, 1.807) is 27.7 Å². The molecule has 0 unspecified atom stereocenters. The molecular weight excluding hydrogens is 228 g/mol. The molecule has 0 aromatic rings. The van der Waals surface area contributed by atoms with Crippen molar-refractivity contribution < 1.29 is 13.2 Å². The van der Waals surface area contributed by atoms with E-state index in [0.717, 1.165) is 4.31 Å². The molecule has 1 rings (SSSR count). The zero-order valence-corrected chi connectivity index (χ0v) is 11.1. The van der Waals surface area contributed by atoms with Crippen LogP contribution in [0.5, 0.6) is 0 Å². The Morgan fingerprint density at radius 3 is 2.25 bits per heavy atom. The minimum Gasteiger partial charge on any atom is -0.330 e. The first-order valence-electron chi connectivity index (χ1n) is 5.32.